The number of hydrogen-bond donors (Lipinski definition) is 2. The minimum absolute atomic E-state index is 0.0926. The van der Waals surface area contributed by atoms with Crippen LogP contribution in [0.15, 0.2) is 0 Å². The first-order valence-electron chi connectivity index (χ1n) is 5.42. The summed E-state index contributed by atoms with van der Waals surface area (Å²) < 4.78 is 24.2. The quantitative estimate of drug-likeness (QED) is 0.356. The van der Waals surface area contributed by atoms with Gasteiger partial charge in [0.1, 0.15) is 6.61 Å². The van der Waals surface area contributed by atoms with Gasteiger partial charge in [0.05, 0.1) is 6.61 Å². The molecule has 0 unspecified atom stereocenters. The van der Waals surface area contributed by atoms with Gasteiger partial charge in [0.15, 0.2) is 6.10 Å². The molecule has 1 atom stereocenters. The van der Waals surface area contributed by atoms with Gasteiger partial charge in [0.2, 0.25) is 0 Å². The van der Waals surface area contributed by atoms with Crippen LogP contribution < -0.4 is 0 Å². The van der Waals surface area contributed by atoms with E-state index in [2.05, 4.69) is 18.4 Å². The number of esters is 2. The van der Waals surface area contributed by atoms with E-state index in [0.29, 0.717) is 6.42 Å². The number of hydrogen-bond acceptors (Lipinski definition) is 6. The molecule has 0 aromatic rings. The Kier molecular flexibility index (Phi) is 8.58. The van der Waals surface area contributed by atoms with E-state index in [-0.39, 0.29) is 19.4 Å². The van der Waals surface area contributed by atoms with Crippen LogP contribution >= 0.6 is 7.82 Å². The van der Waals surface area contributed by atoms with Crippen LogP contribution in [-0.4, -0.2) is 41.0 Å². The molecule has 112 valence electrons. The Morgan fingerprint density at radius 1 is 1.16 bits per heavy atom. The molecule has 8 nitrogen and oxygen atoms in total. The highest BCUT2D eigenvalue weighted by Crippen LogP contribution is 2.35. The average Bonchev–Trinajstić information content (AvgIpc) is 2.31. The second-order valence-corrected chi connectivity index (χ2v) is 4.67. The third kappa shape index (κ3) is 10.6. The number of phosphoric ester groups is 1. The maximum Gasteiger partial charge on any atom is 0.469 e. The van der Waals surface area contributed by atoms with Crippen molar-refractivity contribution >= 4 is 19.8 Å². The van der Waals surface area contributed by atoms with Gasteiger partial charge in [-0.1, -0.05) is 6.42 Å². The van der Waals surface area contributed by atoms with E-state index < -0.39 is 32.5 Å². The Labute approximate surface area is 111 Å². The molecule has 9 heteroatoms. The van der Waals surface area contributed by atoms with Crippen molar-refractivity contribution in [2.45, 2.75) is 25.4 Å². The SMILES string of the molecule is [CH2-]CCC(=O)OC[C@H](COP(=O)(O)O)OC(=O)C[CH2-]. The molecule has 0 amide bonds. The van der Waals surface area contributed by atoms with Gasteiger partial charge in [0.25, 0.3) is 5.97 Å². The Balaban J connectivity index is 4.29. The molecule has 0 aromatic heterocycles. The summed E-state index contributed by atoms with van der Waals surface area (Å²) in [4.78, 5) is 39.2. The van der Waals surface area contributed by atoms with Crippen molar-refractivity contribution in [3.8, 4) is 0 Å². The molecule has 0 rings (SSSR count). The lowest BCUT2D eigenvalue weighted by molar-refractivity contribution is -0.160. The van der Waals surface area contributed by atoms with E-state index >= 15 is 0 Å². The van der Waals surface area contributed by atoms with Crippen LogP contribution in [0.2, 0.25) is 0 Å². The lowest BCUT2D eigenvalue weighted by atomic mass is 10.3. The van der Waals surface area contributed by atoms with Gasteiger partial charge in [-0.25, -0.2) is 4.57 Å². The Hall–Kier alpha value is -0.950. The molecule has 0 heterocycles. The first-order valence-corrected chi connectivity index (χ1v) is 6.95. The average molecular weight is 296 g/mol. The van der Waals surface area contributed by atoms with Crippen LogP contribution in [0.1, 0.15) is 19.3 Å². The van der Waals surface area contributed by atoms with Crippen LogP contribution in [0.4, 0.5) is 0 Å². The summed E-state index contributed by atoms with van der Waals surface area (Å²) in [5.41, 5.74) is 0. The zero-order valence-electron chi connectivity index (χ0n) is 10.3. The zero-order valence-corrected chi connectivity index (χ0v) is 11.2. The smallest absolute Gasteiger partial charge is 0.462 e. The van der Waals surface area contributed by atoms with Gasteiger partial charge < -0.3 is 33.1 Å². The molecule has 0 bridgehead atoms. The molecule has 0 aliphatic carbocycles. The Morgan fingerprint density at radius 3 is 2.26 bits per heavy atom. The number of ether oxygens (including phenoxy) is 2. The molecule has 0 fully saturated rings. The fraction of sp³-hybridized carbons (Fsp3) is 0.600. The molecule has 19 heavy (non-hydrogen) atoms. The highest BCUT2D eigenvalue weighted by molar-refractivity contribution is 7.46. The maximum absolute atomic E-state index is 11.1. The van der Waals surface area contributed by atoms with Crippen molar-refractivity contribution in [3.63, 3.8) is 0 Å². The van der Waals surface area contributed by atoms with Gasteiger partial charge in [-0.3, -0.25) is 14.1 Å². The first kappa shape index (κ1) is 18.0. The number of carbonyl (C=O) groups excluding carboxylic acids is 2. The summed E-state index contributed by atoms with van der Waals surface area (Å²) in [7, 11) is -4.69. The summed E-state index contributed by atoms with van der Waals surface area (Å²) in [5, 5.41) is 0. The van der Waals surface area contributed by atoms with E-state index in [1.54, 1.807) is 0 Å². The molecule has 0 saturated heterocycles. The fourth-order valence-electron chi connectivity index (χ4n) is 0.944. The van der Waals surface area contributed by atoms with Gasteiger partial charge >= 0.3 is 13.8 Å². The van der Waals surface area contributed by atoms with Crippen LogP contribution in [-0.2, 0) is 28.2 Å². The minimum Gasteiger partial charge on any atom is -0.462 e. The third-order valence-corrected chi connectivity index (χ3v) is 2.23. The van der Waals surface area contributed by atoms with Crippen LogP contribution in [0.5, 0.6) is 0 Å². The number of rotatable bonds is 9. The lowest BCUT2D eigenvalue weighted by Gasteiger charge is -2.18. The van der Waals surface area contributed by atoms with Crippen LogP contribution in [0.3, 0.4) is 0 Å². The molecule has 0 spiro atoms. The number of carbonyl (C=O) groups is 2. The van der Waals surface area contributed by atoms with Crippen molar-refractivity contribution in [2.75, 3.05) is 13.2 Å². The molecule has 0 aromatic carbocycles. The van der Waals surface area contributed by atoms with Gasteiger partial charge in [0, 0.05) is 6.42 Å². The van der Waals surface area contributed by atoms with Crippen molar-refractivity contribution in [1.82, 2.24) is 0 Å². The number of phosphoric acid groups is 1. The topological polar surface area (TPSA) is 119 Å². The van der Waals surface area contributed by atoms with Crippen molar-refractivity contribution in [1.29, 1.82) is 0 Å². The van der Waals surface area contributed by atoms with Crippen LogP contribution in [0.25, 0.3) is 0 Å². The summed E-state index contributed by atoms with van der Waals surface area (Å²) in [5.74, 6) is -1.26. The van der Waals surface area contributed by atoms with Crippen molar-refractivity contribution in [3.05, 3.63) is 13.8 Å². The monoisotopic (exact) mass is 296 g/mol. The summed E-state index contributed by atoms with van der Waals surface area (Å²) >= 11 is 0. The predicted molar refractivity (Wildman–Crippen MR) is 63.4 cm³/mol. The minimum atomic E-state index is -4.69. The third-order valence-electron chi connectivity index (χ3n) is 1.74. The maximum atomic E-state index is 11.1. The van der Waals surface area contributed by atoms with E-state index in [9.17, 15) is 14.2 Å². The van der Waals surface area contributed by atoms with Crippen LogP contribution in [0, 0.1) is 13.8 Å². The normalized spacial score (nSPS) is 12.8. The zero-order chi connectivity index (χ0) is 14.9. The largest absolute Gasteiger partial charge is 0.469 e. The molecule has 2 N–H and O–H groups in total. The predicted octanol–water partition coefficient (Wildman–Crippen LogP) is 0.389. The fourth-order valence-corrected chi connectivity index (χ4v) is 1.30. The van der Waals surface area contributed by atoms with E-state index in [1.807, 2.05) is 0 Å². The summed E-state index contributed by atoms with van der Waals surface area (Å²) in [6, 6.07) is 0. The first-order chi connectivity index (χ1) is 8.78. The summed E-state index contributed by atoms with van der Waals surface area (Å²) in [6.07, 6.45) is -0.828. The van der Waals surface area contributed by atoms with E-state index in [0.717, 1.165) is 0 Å². The molecular weight excluding hydrogens is 279 g/mol. The molecule has 0 saturated carbocycles. The second kappa shape index (κ2) is 9.03. The highest BCUT2D eigenvalue weighted by Gasteiger charge is 2.21. The Bertz CT molecular complexity index is 336. The standard InChI is InChI=1S/C10H17O8P/c1-3-5-10(12)16-6-8(18-9(11)4-2)7-17-19(13,14)15/h8H,1-7H2,(H2,13,14,15)/q-2/t8-/m1/s1. The molecular formula is C10H17O8P-2. The van der Waals surface area contributed by atoms with Gasteiger partial charge in [-0.15, -0.1) is 0 Å². The molecule has 0 aliphatic heterocycles. The molecule has 0 radical (unpaired) electrons. The van der Waals surface area contributed by atoms with E-state index in [1.165, 1.54) is 0 Å². The summed E-state index contributed by atoms with van der Waals surface area (Å²) in [6.45, 7) is 5.80. The van der Waals surface area contributed by atoms with Gasteiger partial charge in [-0.05, 0) is 0 Å². The van der Waals surface area contributed by atoms with E-state index in [4.69, 9.17) is 19.3 Å². The molecule has 0 aliphatic rings. The lowest BCUT2D eigenvalue weighted by Crippen LogP contribution is -2.29. The van der Waals surface area contributed by atoms with Gasteiger partial charge in [-0.2, -0.15) is 6.42 Å². The second-order valence-electron chi connectivity index (χ2n) is 3.43. The van der Waals surface area contributed by atoms with Crippen molar-refractivity contribution < 1.29 is 37.9 Å². The Morgan fingerprint density at radius 2 is 1.79 bits per heavy atom. The van der Waals surface area contributed by atoms with Crippen molar-refractivity contribution in [2.24, 2.45) is 0 Å². The highest BCUT2D eigenvalue weighted by atomic mass is 31.2.